The number of esters is 1. The van der Waals surface area contributed by atoms with Gasteiger partial charge in [-0.05, 0) is 20.8 Å². The number of aryl methyl sites for hydroxylation is 1. The molecule has 0 saturated carbocycles. The van der Waals surface area contributed by atoms with Crippen LogP contribution in [0.25, 0.3) is 10.4 Å². The van der Waals surface area contributed by atoms with Gasteiger partial charge in [0.2, 0.25) is 12.2 Å². The molecule has 1 amide bonds. The quantitative estimate of drug-likeness (QED) is 0.260. The van der Waals surface area contributed by atoms with Crippen LogP contribution in [-0.2, 0) is 23.8 Å². The number of amides is 1. The molecule has 35 heavy (non-hydrogen) atoms. The van der Waals surface area contributed by atoms with Gasteiger partial charge in [0.05, 0.1) is 29.5 Å². The van der Waals surface area contributed by atoms with Crippen molar-refractivity contribution in [1.82, 2.24) is 14.3 Å². The Labute approximate surface area is 205 Å². The van der Waals surface area contributed by atoms with Crippen molar-refractivity contribution in [3.05, 3.63) is 28.3 Å². The Balaban J connectivity index is 1.77. The summed E-state index contributed by atoms with van der Waals surface area (Å²) < 4.78 is 16.8. The highest BCUT2D eigenvalue weighted by atomic mass is 32.1. The number of imidazole rings is 1. The summed E-state index contributed by atoms with van der Waals surface area (Å²) in [6.07, 6.45) is -1.37. The summed E-state index contributed by atoms with van der Waals surface area (Å²) in [5.41, 5.74) is 0.914. The smallest absolute Gasteiger partial charge is 0.435 e. The number of Topliss-reactive ketones (excluding diaryl/α,β-unsaturated/α-hetero) is 1. The number of aliphatic hydroxyl groups is 1. The van der Waals surface area contributed by atoms with E-state index in [0.717, 1.165) is 0 Å². The monoisotopic (exact) mass is 505 g/mol. The number of hydrogen-bond acceptors (Lipinski definition) is 10. The molecule has 0 radical (unpaired) electrons. The van der Waals surface area contributed by atoms with Crippen LogP contribution in [-0.4, -0.2) is 68.2 Å². The molecule has 0 aromatic carbocycles. The second kappa shape index (κ2) is 9.08. The van der Waals surface area contributed by atoms with Crippen LogP contribution in [0.5, 0.6) is 0 Å². The lowest BCUT2D eigenvalue weighted by Crippen LogP contribution is -2.63. The number of nitrogens with zero attached hydrogens (tertiary/aromatic N) is 3. The van der Waals surface area contributed by atoms with E-state index in [0.29, 0.717) is 26.8 Å². The molecule has 0 spiro atoms. The number of aliphatic hydroxyl groups excluding tert-OH is 1. The normalized spacial score (nSPS) is 23.1. The number of fused-ring (bicyclic) bond motifs is 2. The van der Waals surface area contributed by atoms with E-state index in [2.05, 4.69) is 4.98 Å². The first-order valence-electron chi connectivity index (χ1n) is 11.3. The van der Waals surface area contributed by atoms with Crippen LogP contribution in [0.3, 0.4) is 0 Å². The fraction of sp³-hybridized carbons (Fsp3) is 0.522. The Hall–Kier alpha value is -3.25. The van der Waals surface area contributed by atoms with E-state index in [1.165, 1.54) is 30.1 Å². The largest absolute Gasteiger partial charge is 0.511 e. The number of ketones is 1. The molecule has 1 fully saturated rings. The van der Waals surface area contributed by atoms with E-state index in [1.54, 1.807) is 31.4 Å². The van der Waals surface area contributed by atoms with E-state index in [1.807, 2.05) is 6.92 Å². The number of hydrogen-bond donors (Lipinski definition) is 1. The van der Waals surface area contributed by atoms with Gasteiger partial charge in [0.15, 0.2) is 5.78 Å². The van der Waals surface area contributed by atoms with Crippen LogP contribution in [0.1, 0.15) is 55.8 Å². The molecule has 2 aliphatic heterocycles. The minimum atomic E-state index is -1.26. The van der Waals surface area contributed by atoms with Gasteiger partial charge in [0, 0.05) is 31.5 Å². The number of rotatable bonds is 7. The second-order valence-corrected chi connectivity index (χ2v) is 9.66. The SMILES string of the molecule is CCOC(=O)OC(C)OC(=O)C1=C(c2cn3c(C)nc(C(C)=O)c3s2)[C@H](C)[C@@H]2[C@@H]([C@@H](C)O)C(=O)N12. The predicted octanol–water partition coefficient (Wildman–Crippen LogP) is 2.54. The maximum Gasteiger partial charge on any atom is 0.511 e. The summed E-state index contributed by atoms with van der Waals surface area (Å²) >= 11 is 1.28. The van der Waals surface area contributed by atoms with Crippen LogP contribution in [0.4, 0.5) is 4.79 Å². The summed E-state index contributed by atoms with van der Waals surface area (Å²) in [5, 5.41) is 10.2. The van der Waals surface area contributed by atoms with E-state index >= 15 is 0 Å². The third kappa shape index (κ3) is 4.00. The molecule has 1 saturated heterocycles. The molecule has 188 valence electrons. The average Bonchev–Trinajstić information content (AvgIpc) is 3.37. The summed E-state index contributed by atoms with van der Waals surface area (Å²) in [5.74, 6) is -1.78. The lowest BCUT2D eigenvalue weighted by molar-refractivity contribution is -0.173. The van der Waals surface area contributed by atoms with E-state index in [-0.39, 0.29) is 29.9 Å². The summed E-state index contributed by atoms with van der Waals surface area (Å²) in [4.78, 5) is 56.9. The summed E-state index contributed by atoms with van der Waals surface area (Å²) in [6, 6.07) is -0.436. The molecular formula is C23H27N3O8S. The number of thiazole rings is 1. The minimum Gasteiger partial charge on any atom is -0.435 e. The van der Waals surface area contributed by atoms with Crippen LogP contribution < -0.4 is 0 Å². The molecule has 0 aliphatic carbocycles. The first-order valence-corrected chi connectivity index (χ1v) is 12.1. The maximum atomic E-state index is 13.3. The molecule has 2 aliphatic rings. The van der Waals surface area contributed by atoms with Crippen molar-refractivity contribution >= 4 is 45.6 Å². The third-order valence-electron chi connectivity index (χ3n) is 6.26. The number of β-lactam (4-membered cyclic amide) rings is 1. The van der Waals surface area contributed by atoms with Crippen molar-refractivity contribution in [3.63, 3.8) is 0 Å². The van der Waals surface area contributed by atoms with Crippen LogP contribution in [0.2, 0.25) is 0 Å². The molecule has 4 heterocycles. The van der Waals surface area contributed by atoms with E-state index in [9.17, 15) is 24.3 Å². The minimum absolute atomic E-state index is 0.0307. The van der Waals surface area contributed by atoms with Gasteiger partial charge in [-0.3, -0.25) is 14.0 Å². The lowest BCUT2D eigenvalue weighted by atomic mass is 9.77. The van der Waals surface area contributed by atoms with Crippen LogP contribution in [0, 0.1) is 18.8 Å². The molecule has 1 unspecified atom stereocenters. The van der Waals surface area contributed by atoms with Crippen molar-refractivity contribution in [2.75, 3.05) is 6.61 Å². The highest BCUT2D eigenvalue weighted by Gasteiger charge is 2.60. The highest BCUT2D eigenvalue weighted by Crippen LogP contribution is 2.52. The first kappa shape index (κ1) is 24.9. The van der Waals surface area contributed by atoms with Gasteiger partial charge < -0.3 is 24.2 Å². The van der Waals surface area contributed by atoms with Crippen molar-refractivity contribution < 1.29 is 38.5 Å². The first-order chi connectivity index (χ1) is 16.5. The molecule has 12 heteroatoms. The van der Waals surface area contributed by atoms with Crippen LogP contribution in [0.15, 0.2) is 11.9 Å². The van der Waals surface area contributed by atoms with Gasteiger partial charge in [-0.15, -0.1) is 11.3 Å². The molecule has 5 atom stereocenters. The van der Waals surface area contributed by atoms with Gasteiger partial charge in [-0.2, -0.15) is 0 Å². The number of carbonyl (C=O) groups excluding carboxylic acids is 4. The molecule has 11 nitrogen and oxygen atoms in total. The van der Waals surface area contributed by atoms with Crippen LogP contribution >= 0.6 is 11.3 Å². The summed E-state index contributed by atoms with van der Waals surface area (Å²) in [7, 11) is 0. The Morgan fingerprint density at radius 3 is 2.54 bits per heavy atom. The number of aromatic nitrogens is 2. The Morgan fingerprint density at radius 1 is 1.26 bits per heavy atom. The average molecular weight is 506 g/mol. The van der Waals surface area contributed by atoms with Crippen molar-refractivity contribution in [2.24, 2.45) is 11.8 Å². The zero-order valence-electron chi connectivity index (χ0n) is 20.2. The zero-order chi connectivity index (χ0) is 25.8. The molecule has 2 aromatic rings. The Bertz CT molecular complexity index is 1260. The van der Waals surface area contributed by atoms with Gasteiger partial charge >= 0.3 is 12.1 Å². The topological polar surface area (TPSA) is 137 Å². The van der Waals surface area contributed by atoms with E-state index < -0.39 is 36.5 Å². The van der Waals surface area contributed by atoms with Gasteiger partial charge in [0.25, 0.3) is 0 Å². The Morgan fingerprint density at radius 2 is 1.94 bits per heavy atom. The molecule has 0 bridgehead atoms. The molecule has 2 aromatic heterocycles. The second-order valence-electron chi connectivity index (χ2n) is 8.62. The lowest BCUT2D eigenvalue weighted by Gasteiger charge is -2.46. The standard InChI is InChI=1S/C23H27N3O8S/c1-7-32-23(31)34-13(6)33-22(30)19-15(9(2)18-16(10(3)27)20(29)26(18)19)14-8-25-12(5)24-17(11(4)28)21(25)35-14/h8-10,13,16,18,27H,7H2,1-6H3/t9-,10+,13?,16+,18+/m0/s1. The number of ether oxygens (including phenoxy) is 3. The molecule has 1 N–H and O–H groups in total. The van der Waals surface area contributed by atoms with Gasteiger partial charge in [-0.1, -0.05) is 6.92 Å². The van der Waals surface area contributed by atoms with Gasteiger partial charge in [0.1, 0.15) is 22.0 Å². The Kier molecular flexibility index (Phi) is 6.45. The number of carbonyl (C=O) groups is 4. The highest BCUT2D eigenvalue weighted by molar-refractivity contribution is 7.18. The van der Waals surface area contributed by atoms with Crippen molar-refractivity contribution in [2.45, 2.75) is 60.0 Å². The third-order valence-corrected chi connectivity index (χ3v) is 7.39. The van der Waals surface area contributed by atoms with Crippen molar-refractivity contribution in [3.8, 4) is 0 Å². The summed E-state index contributed by atoms with van der Waals surface area (Å²) in [6.45, 7) is 9.70. The fourth-order valence-corrected chi connectivity index (χ4v) is 6.11. The zero-order valence-corrected chi connectivity index (χ0v) is 21.0. The maximum absolute atomic E-state index is 13.3. The molecular weight excluding hydrogens is 478 g/mol. The van der Waals surface area contributed by atoms with Gasteiger partial charge in [-0.25, -0.2) is 14.6 Å². The predicted molar refractivity (Wildman–Crippen MR) is 123 cm³/mol. The van der Waals surface area contributed by atoms with E-state index in [4.69, 9.17) is 14.2 Å². The fourth-order valence-electron chi connectivity index (χ4n) is 4.78. The van der Waals surface area contributed by atoms with Crippen molar-refractivity contribution in [1.29, 1.82) is 0 Å². The molecule has 4 rings (SSSR count).